The quantitative estimate of drug-likeness (QED) is 0.170. The van der Waals surface area contributed by atoms with E-state index in [-0.39, 0.29) is 5.41 Å². The first-order valence-electron chi connectivity index (χ1n) is 19.9. The molecule has 8 aromatic carbocycles. The minimum Gasteiger partial charge on any atom is -0.455 e. The Morgan fingerprint density at radius 3 is 1.74 bits per heavy atom. The van der Waals surface area contributed by atoms with Crippen molar-refractivity contribution in [3.05, 3.63) is 205 Å². The van der Waals surface area contributed by atoms with Gasteiger partial charge in [-0.3, -0.25) is 0 Å². The Morgan fingerprint density at radius 2 is 0.914 bits per heavy atom. The summed E-state index contributed by atoms with van der Waals surface area (Å²) in [4.78, 5) is 10.4. The van der Waals surface area contributed by atoms with Crippen LogP contribution in [-0.2, 0) is 5.41 Å². The fraction of sp³-hybridized carbons (Fsp3) is 0.0545. The van der Waals surface area contributed by atoms with E-state index in [2.05, 4.69) is 172 Å². The Kier molecular flexibility index (Phi) is 7.84. The lowest BCUT2D eigenvalue weighted by Crippen LogP contribution is -2.14. The molecule has 0 spiro atoms. The zero-order valence-corrected chi connectivity index (χ0v) is 32.3. The first-order chi connectivity index (χ1) is 28.5. The van der Waals surface area contributed by atoms with Crippen molar-refractivity contribution in [2.24, 2.45) is 0 Å². The highest BCUT2D eigenvalue weighted by atomic mass is 16.3. The average molecular weight is 743 g/mol. The second kappa shape index (κ2) is 13.4. The smallest absolute Gasteiger partial charge is 0.160 e. The van der Waals surface area contributed by atoms with Gasteiger partial charge < -0.3 is 4.42 Å². The van der Waals surface area contributed by atoms with Crippen molar-refractivity contribution in [3.63, 3.8) is 0 Å². The third-order valence-electron chi connectivity index (χ3n) is 11.9. The molecule has 3 nitrogen and oxygen atoms in total. The molecule has 2 aromatic heterocycles. The van der Waals surface area contributed by atoms with Crippen LogP contribution in [0.25, 0.3) is 100 Å². The number of fused-ring (bicyclic) bond motifs is 6. The van der Waals surface area contributed by atoms with Crippen molar-refractivity contribution in [1.82, 2.24) is 9.97 Å². The van der Waals surface area contributed by atoms with Gasteiger partial charge >= 0.3 is 0 Å². The van der Waals surface area contributed by atoms with Crippen LogP contribution in [0.4, 0.5) is 0 Å². The predicted molar refractivity (Wildman–Crippen MR) is 239 cm³/mol. The van der Waals surface area contributed by atoms with E-state index in [1.165, 1.54) is 33.4 Å². The van der Waals surface area contributed by atoms with Crippen LogP contribution in [0.5, 0.6) is 0 Å². The SMILES string of the molecule is CC1(C)c2ccccc2-c2ccc(-c3cccc(-c4cc(-c5cc(-c6ccccc6)nc(-c6ccccc6)n5)cc(-c5cccc6c5oc5ccccc56)c4)c3)cc21. The predicted octanol–water partition coefficient (Wildman–Crippen LogP) is 14.7. The van der Waals surface area contributed by atoms with Gasteiger partial charge in [-0.05, 0) is 92.5 Å². The zero-order valence-electron chi connectivity index (χ0n) is 32.3. The molecule has 274 valence electrons. The number of hydrogen-bond donors (Lipinski definition) is 0. The molecule has 0 saturated carbocycles. The molecule has 2 heterocycles. The monoisotopic (exact) mass is 742 g/mol. The van der Waals surface area contributed by atoms with E-state index in [9.17, 15) is 0 Å². The zero-order chi connectivity index (χ0) is 38.8. The van der Waals surface area contributed by atoms with Gasteiger partial charge in [0.25, 0.3) is 0 Å². The molecule has 3 heteroatoms. The first-order valence-corrected chi connectivity index (χ1v) is 19.9. The second-order valence-corrected chi connectivity index (χ2v) is 15.8. The summed E-state index contributed by atoms with van der Waals surface area (Å²) in [6.45, 7) is 4.68. The maximum Gasteiger partial charge on any atom is 0.160 e. The Balaban J connectivity index is 1.11. The molecule has 0 unspecified atom stereocenters. The van der Waals surface area contributed by atoms with Crippen LogP contribution in [0.3, 0.4) is 0 Å². The molecule has 0 radical (unpaired) electrons. The third kappa shape index (κ3) is 5.66. The summed E-state index contributed by atoms with van der Waals surface area (Å²) >= 11 is 0. The molecule has 0 bridgehead atoms. The molecule has 58 heavy (non-hydrogen) atoms. The molecule has 0 aliphatic heterocycles. The Hall–Kier alpha value is -7.36. The standard InChI is InChI=1S/C55H38N2O/c1-55(2)48-25-11-9-21-44(48)45-28-27-39(33-49(45)55)37-19-13-20-38(29-37)40-30-41(43-23-14-24-47-46-22-10-12-26-52(46)58-53(43)47)32-42(31-40)51-34-50(35-15-5-3-6-16-35)56-54(57-51)36-17-7-4-8-18-36/h3-34H,1-2H3. The topological polar surface area (TPSA) is 38.9 Å². The second-order valence-electron chi connectivity index (χ2n) is 15.8. The van der Waals surface area contributed by atoms with Crippen LogP contribution in [0.1, 0.15) is 25.0 Å². The van der Waals surface area contributed by atoms with E-state index in [0.29, 0.717) is 5.82 Å². The van der Waals surface area contributed by atoms with Crippen molar-refractivity contribution >= 4 is 21.9 Å². The fourth-order valence-corrected chi connectivity index (χ4v) is 8.90. The van der Waals surface area contributed by atoms with E-state index in [4.69, 9.17) is 14.4 Å². The normalized spacial score (nSPS) is 12.8. The van der Waals surface area contributed by atoms with Gasteiger partial charge in [-0.15, -0.1) is 0 Å². The molecule has 0 fully saturated rings. The molecule has 1 aliphatic rings. The van der Waals surface area contributed by atoms with Crippen molar-refractivity contribution < 1.29 is 4.42 Å². The van der Waals surface area contributed by atoms with Crippen LogP contribution in [0, 0.1) is 0 Å². The largest absolute Gasteiger partial charge is 0.455 e. The molecular weight excluding hydrogens is 705 g/mol. The summed E-state index contributed by atoms with van der Waals surface area (Å²) in [6, 6.07) is 69.0. The highest BCUT2D eigenvalue weighted by Crippen LogP contribution is 2.50. The molecular formula is C55H38N2O. The molecule has 0 amide bonds. The van der Waals surface area contributed by atoms with Crippen molar-refractivity contribution in [1.29, 1.82) is 0 Å². The summed E-state index contributed by atoms with van der Waals surface area (Å²) < 4.78 is 6.61. The number of benzene rings is 8. The lowest BCUT2D eigenvalue weighted by atomic mass is 9.81. The fourth-order valence-electron chi connectivity index (χ4n) is 8.90. The number of hydrogen-bond acceptors (Lipinski definition) is 3. The molecule has 11 rings (SSSR count). The lowest BCUT2D eigenvalue weighted by Gasteiger charge is -2.22. The Labute approximate surface area is 338 Å². The van der Waals surface area contributed by atoms with Crippen LogP contribution in [0.15, 0.2) is 199 Å². The molecule has 0 saturated heterocycles. The van der Waals surface area contributed by atoms with Crippen molar-refractivity contribution in [3.8, 4) is 78.4 Å². The summed E-state index contributed by atoms with van der Waals surface area (Å²) in [7, 11) is 0. The Bertz CT molecular complexity index is 3140. The summed E-state index contributed by atoms with van der Waals surface area (Å²) in [5, 5.41) is 2.21. The average Bonchev–Trinajstić information content (AvgIpc) is 3.78. The summed E-state index contributed by atoms with van der Waals surface area (Å²) in [6.07, 6.45) is 0. The number of para-hydroxylation sites is 2. The first kappa shape index (κ1) is 33.9. The van der Waals surface area contributed by atoms with E-state index in [1.807, 2.05) is 36.4 Å². The van der Waals surface area contributed by atoms with Gasteiger partial charge in [0.05, 0.1) is 11.4 Å². The number of nitrogens with zero attached hydrogens (tertiary/aromatic N) is 2. The van der Waals surface area contributed by atoms with Crippen LogP contribution in [0.2, 0.25) is 0 Å². The highest BCUT2D eigenvalue weighted by Gasteiger charge is 2.35. The number of rotatable bonds is 6. The van der Waals surface area contributed by atoms with E-state index >= 15 is 0 Å². The maximum atomic E-state index is 6.61. The van der Waals surface area contributed by atoms with Gasteiger partial charge in [-0.25, -0.2) is 9.97 Å². The Morgan fingerprint density at radius 1 is 0.362 bits per heavy atom. The maximum absolute atomic E-state index is 6.61. The van der Waals surface area contributed by atoms with E-state index in [1.54, 1.807) is 0 Å². The van der Waals surface area contributed by atoms with Gasteiger partial charge in [-0.1, -0.05) is 166 Å². The van der Waals surface area contributed by atoms with Gasteiger partial charge in [0.15, 0.2) is 5.82 Å². The molecule has 0 atom stereocenters. The van der Waals surface area contributed by atoms with E-state index in [0.717, 1.165) is 72.3 Å². The van der Waals surface area contributed by atoms with E-state index < -0.39 is 0 Å². The van der Waals surface area contributed by atoms with Gasteiger partial charge in [0, 0.05) is 38.4 Å². The minimum atomic E-state index is -0.0742. The van der Waals surface area contributed by atoms with Crippen LogP contribution >= 0.6 is 0 Å². The lowest BCUT2D eigenvalue weighted by molar-refractivity contribution is 0.660. The van der Waals surface area contributed by atoms with Crippen molar-refractivity contribution in [2.45, 2.75) is 19.3 Å². The van der Waals surface area contributed by atoms with Gasteiger partial charge in [0.1, 0.15) is 11.2 Å². The molecule has 0 N–H and O–H groups in total. The summed E-state index contributed by atoms with van der Waals surface area (Å²) in [5.74, 6) is 0.687. The van der Waals surface area contributed by atoms with Crippen LogP contribution in [-0.4, -0.2) is 9.97 Å². The summed E-state index contributed by atoms with van der Waals surface area (Å²) in [5.41, 5.74) is 18.5. The third-order valence-corrected chi connectivity index (χ3v) is 11.9. The molecule has 1 aliphatic carbocycles. The number of aromatic nitrogens is 2. The van der Waals surface area contributed by atoms with Gasteiger partial charge in [-0.2, -0.15) is 0 Å². The number of furan rings is 1. The minimum absolute atomic E-state index is 0.0742. The van der Waals surface area contributed by atoms with Gasteiger partial charge in [0.2, 0.25) is 0 Å². The highest BCUT2D eigenvalue weighted by molar-refractivity contribution is 6.10. The van der Waals surface area contributed by atoms with Crippen molar-refractivity contribution in [2.75, 3.05) is 0 Å². The molecule has 10 aromatic rings. The van der Waals surface area contributed by atoms with Crippen LogP contribution < -0.4 is 0 Å².